The topological polar surface area (TPSA) is 131 Å². The number of amides is 1. The Kier molecular flexibility index (Phi) is 13.2. The van der Waals surface area contributed by atoms with Crippen LogP contribution in [0, 0.1) is 0 Å². The fourth-order valence-corrected chi connectivity index (χ4v) is 1.55. The van der Waals surface area contributed by atoms with Crippen molar-refractivity contribution in [3.8, 4) is 0 Å². The summed E-state index contributed by atoms with van der Waals surface area (Å²) in [5.41, 5.74) is 13.4. The number of unbranched alkanes of at least 4 members (excludes halogenated alkanes) is 1. The van der Waals surface area contributed by atoms with Crippen LogP contribution in [0.4, 0.5) is 0 Å². The molecule has 0 aliphatic rings. The van der Waals surface area contributed by atoms with E-state index >= 15 is 0 Å². The summed E-state index contributed by atoms with van der Waals surface area (Å²) < 4.78 is 10.3. The number of hydrogen-bond donors (Lipinski definition) is 1. The number of nitrogens with zero attached hydrogens (tertiary/aromatic N) is 4. The first kappa shape index (κ1) is 20.3. The van der Waals surface area contributed by atoms with Gasteiger partial charge in [0.25, 0.3) is 0 Å². The molecule has 0 aromatic rings. The minimum absolute atomic E-state index is 0.0249. The smallest absolute Gasteiger partial charge is 0.248 e. The molecular formula is C13H25N5O4. The predicted molar refractivity (Wildman–Crippen MR) is 81.2 cm³/mol. The van der Waals surface area contributed by atoms with E-state index in [2.05, 4.69) is 10.0 Å². The number of likely N-dealkylation sites (N-methyl/N-ethyl adjacent to an activating group) is 1. The molecule has 0 aromatic carbocycles. The number of ether oxygens (including phenoxy) is 2. The second kappa shape index (κ2) is 14.3. The van der Waals surface area contributed by atoms with Gasteiger partial charge in [-0.1, -0.05) is 5.11 Å². The van der Waals surface area contributed by atoms with Crippen LogP contribution in [0.1, 0.15) is 19.3 Å². The molecule has 0 atom stereocenters. The number of hydrogen-bond acceptors (Lipinski definition) is 6. The van der Waals surface area contributed by atoms with E-state index in [9.17, 15) is 9.59 Å². The van der Waals surface area contributed by atoms with Gasteiger partial charge in [0.1, 0.15) is 6.61 Å². The lowest BCUT2D eigenvalue weighted by Gasteiger charge is -2.16. The van der Waals surface area contributed by atoms with Crippen molar-refractivity contribution in [1.82, 2.24) is 4.90 Å². The van der Waals surface area contributed by atoms with Crippen LogP contribution in [-0.2, 0) is 19.1 Å². The first-order valence-corrected chi connectivity index (χ1v) is 7.24. The highest BCUT2D eigenvalue weighted by molar-refractivity contribution is 5.86. The number of rotatable bonds is 14. The molecule has 9 nitrogen and oxygen atoms in total. The zero-order valence-electron chi connectivity index (χ0n) is 13.1. The molecule has 0 unspecified atom stereocenters. The van der Waals surface area contributed by atoms with Crippen LogP contribution in [0.25, 0.3) is 10.4 Å². The Hall–Kier alpha value is -1.67. The Labute approximate surface area is 130 Å². The summed E-state index contributed by atoms with van der Waals surface area (Å²) in [6.07, 6.45) is 1.68. The average Bonchev–Trinajstić information content (AvgIpc) is 2.50. The third-order valence-corrected chi connectivity index (χ3v) is 2.73. The van der Waals surface area contributed by atoms with Crippen molar-refractivity contribution in [1.29, 1.82) is 0 Å². The standard InChI is InChI=1S/C13H25N5O4/c1-18(10-12(19)4-2-3-6-16-17-15)13(20)11-22-9-8-21-7-5-14/h2-11,14H2,1H3. The predicted octanol–water partition coefficient (Wildman–Crippen LogP) is 0.486. The van der Waals surface area contributed by atoms with Gasteiger partial charge in [0.15, 0.2) is 5.78 Å². The molecule has 0 saturated carbocycles. The number of azide groups is 1. The highest BCUT2D eigenvalue weighted by atomic mass is 16.5. The Morgan fingerprint density at radius 1 is 1.23 bits per heavy atom. The first-order chi connectivity index (χ1) is 10.6. The maximum Gasteiger partial charge on any atom is 0.248 e. The lowest BCUT2D eigenvalue weighted by Crippen LogP contribution is -2.35. The summed E-state index contributed by atoms with van der Waals surface area (Å²) in [4.78, 5) is 27.4. The molecule has 1 amide bonds. The van der Waals surface area contributed by atoms with Crippen LogP contribution >= 0.6 is 0 Å². The summed E-state index contributed by atoms with van der Waals surface area (Å²) in [6.45, 7) is 1.99. The molecule has 0 fully saturated rings. The second-order valence-electron chi connectivity index (χ2n) is 4.65. The van der Waals surface area contributed by atoms with Crippen LogP contribution in [0.15, 0.2) is 5.11 Å². The minimum atomic E-state index is -0.249. The van der Waals surface area contributed by atoms with Gasteiger partial charge < -0.3 is 20.1 Å². The molecule has 0 rings (SSSR count). The number of Topliss-reactive ketones (excluding diaryl/α,β-unsaturated/α-hetero) is 1. The molecule has 0 bridgehead atoms. The van der Waals surface area contributed by atoms with Crippen molar-refractivity contribution in [3.05, 3.63) is 10.4 Å². The molecule has 0 heterocycles. The van der Waals surface area contributed by atoms with Crippen molar-refractivity contribution >= 4 is 11.7 Å². The molecule has 2 N–H and O–H groups in total. The number of nitrogens with two attached hydrogens (primary N) is 1. The molecular weight excluding hydrogens is 290 g/mol. The Morgan fingerprint density at radius 3 is 2.64 bits per heavy atom. The summed E-state index contributed by atoms with van der Waals surface area (Å²) in [6, 6.07) is 0. The van der Waals surface area contributed by atoms with Gasteiger partial charge in [-0.2, -0.15) is 0 Å². The third-order valence-electron chi connectivity index (χ3n) is 2.73. The average molecular weight is 315 g/mol. The quantitative estimate of drug-likeness (QED) is 0.216. The van der Waals surface area contributed by atoms with Crippen molar-refractivity contribution in [3.63, 3.8) is 0 Å². The van der Waals surface area contributed by atoms with Gasteiger partial charge in [0, 0.05) is 31.5 Å². The van der Waals surface area contributed by atoms with Crippen molar-refractivity contribution in [2.45, 2.75) is 19.3 Å². The maximum atomic E-state index is 11.7. The third kappa shape index (κ3) is 12.1. The molecule has 9 heteroatoms. The minimum Gasteiger partial charge on any atom is -0.378 e. The van der Waals surface area contributed by atoms with Crippen LogP contribution in [0.2, 0.25) is 0 Å². The van der Waals surface area contributed by atoms with Crippen molar-refractivity contribution < 1.29 is 19.1 Å². The lowest BCUT2D eigenvalue weighted by molar-refractivity contribution is -0.138. The zero-order chi connectivity index (χ0) is 16.6. The molecule has 0 radical (unpaired) electrons. The van der Waals surface area contributed by atoms with Gasteiger partial charge in [-0.3, -0.25) is 9.59 Å². The molecule has 0 aromatic heterocycles. The largest absolute Gasteiger partial charge is 0.378 e. The Balaban J connectivity index is 3.66. The van der Waals surface area contributed by atoms with Crippen LogP contribution in [0.5, 0.6) is 0 Å². The van der Waals surface area contributed by atoms with Gasteiger partial charge in [-0.25, -0.2) is 0 Å². The van der Waals surface area contributed by atoms with Gasteiger partial charge >= 0.3 is 0 Å². The van der Waals surface area contributed by atoms with Crippen LogP contribution in [0.3, 0.4) is 0 Å². The molecule has 0 aliphatic heterocycles. The highest BCUT2D eigenvalue weighted by Gasteiger charge is 2.12. The molecule has 0 aliphatic carbocycles. The fourth-order valence-electron chi connectivity index (χ4n) is 1.55. The van der Waals surface area contributed by atoms with E-state index in [0.29, 0.717) is 52.2 Å². The van der Waals surface area contributed by atoms with Gasteiger partial charge in [-0.05, 0) is 18.4 Å². The van der Waals surface area contributed by atoms with Gasteiger partial charge in [-0.15, -0.1) is 0 Å². The van der Waals surface area contributed by atoms with Crippen molar-refractivity contribution in [2.24, 2.45) is 10.8 Å². The molecule has 0 saturated heterocycles. The van der Waals surface area contributed by atoms with E-state index in [1.54, 1.807) is 7.05 Å². The Bertz CT molecular complexity index is 371. The SMILES string of the molecule is CN(CC(=O)CCCCN=[N+]=[N-])C(=O)COCCOCCN. The first-order valence-electron chi connectivity index (χ1n) is 7.24. The summed E-state index contributed by atoms with van der Waals surface area (Å²) in [5.74, 6) is -0.274. The molecule has 22 heavy (non-hydrogen) atoms. The van der Waals surface area contributed by atoms with E-state index in [4.69, 9.17) is 20.7 Å². The fraction of sp³-hybridized carbons (Fsp3) is 0.846. The van der Waals surface area contributed by atoms with Gasteiger partial charge in [0.2, 0.25) is 5.91 Å². The second-order valence-corrected chi connectivity index (χ2v) is 4.65. The van der Waals surface area contributed by atoms with E-state index in [-0.39, 0.29) is 24.8 Å². The summed E-state index contributed by atoms with van der Waals surface area (Å²) in [7, 11) is 1.56. The van der Waals surface area contributed by atoms with Crippen LogP contribution < -0.4 is 5.73 Å². The highest BCUT2D eigenvalue weighted by Crippen LogP contribution is 1.99. The summed E-state index contributed by atoms with van der Waals surface area (Å²) >= 11 is 0. The lowest BCUT2D eigenvalue weighted by atomic mass is 10.1. The monoisotopic (exact) mass is 315 g/mol. The van der Waals surface area contributed by atoms with E-state index in [1.807, 2.05) is 0 Å². The van der Waals surface area contributed by atoms with Crippen molar-refractivity contribution in [2.75, 3.05) is 53.1 Å². The Morgan fingerprint density at radius 2 is 1.95 bits per heavy atom. The van der Waals surface area contributed by atoms with Crippen LogP contribution in [-0.4, -0.2) is 69.7 Å². The zero-order valence-corrected chi connectivity index (χ0v) is 13.1. The number of carbonyl (C=O) groups excluding carboxylic acids is 2. The molecule has 0 spiro atoms. The maximum absolute atomic E-state index is 11.7. The molecule has 126 valence electrons. The number of ketones is 1. The van der Waals surface area contributed by atoms with Gasteiger partial charge in [0.05, 0.1) is 26.4 Å². The normalized spacial score (nSPS) is 10.1. The summed E-state index contributed by atoms with van der Waals surface area (Å²) in [5, 5.41) is 3.39. The van der Waals surface area contributed by atoms with E-state index < -0.39 is 0 Å². The van der Waals surface area contributed by atoms with E-state index in [0.717, 1.165) is 0 Å². The van der Waals surface area contributed by atoms with E-state index in [1.165, 1.54) is 4.90 Å². The number of carbonyl (C=O) groups is 2.